The number of hydrogen-bond donors (Lipinski definition) is 2. The van der Waals surface area contributed by atoms with Crippen molar-refractivity contribution in [1.29, 1.82) is 0 Å². The third-order valence-corrected chi connectivity index (χ3v) is 3.74. The Balaban J connectivity index is 1.95. The Morgan fingerprint density at radius 1 is 1.53 bits per heavy atom. The van der Waals surface area contributed by atoms with Crippen molar-refractivity contribution in [2.75, 3.05) is 6.54 Å². The molecule has 1 heterocycles. The molecule has 1 saturated carbocycles. The molecule has 2 rings (SSSR count). The van der Waals surface area contributed by atoms with Gasteiger partial charge in [0.15, 0.2) is 11.5 Å². The van der Waals surface area contributed by atoms with E-state index in [1.165, 1.54) is 12.3 Å². The van der Waals surface area contributed by atoms with Crippen LogP contribution in [0.3, 0.4) is 0 Å². The standard InChI is InChI=1S/C13H16ClFN2O2/c14-9-5-6-16-12(11(9)15)13(19)17-7-8-3-1-2-4-10(8)18/h5-6,8,10,18H,1-4,7H2,(H,17,19)/t8-,10+/m0/s1. The van der Waals surface area contributed by atoms with Gasteiger partial charge in [0.05, 0.1) is 11.1 Å². The molecule has 0 radical (unpaired) electrons. The Labute approximate surface area is 116 Å². The summed E-state index contributed by atoms with van der Waals surface area (Å²) in [7, 11) is 0. The molecule has 2 N–H and O–H groups in total. The van der Waals surface area contributed by atoms with E-state index in [4.69, 9.17) is 11.6 Å². The van der Waals surface area contributed by atoms with Gasteiger partial charge >= 0.3 is 0 Å². The molecule has 1 aliphatic carbocycles. The van der Waals surface area contributed by atoms with E-state index in [0.29, 0.717) is 6.54 Å². The summed E-state index contributed by atoms with van der Waals surface area (Å²) in [6.45, 7) is 0.327. The topological polar surface area (TPSA) is 62.2 Å². The molecule has 0 aliphatic heterocycles. The van der Waals surface area contributed by atoms with Crippen LogP contribution < -0.4 is 5.32 Å². The molecule has 104 valence electrons. The predicted molar refractivity (Wildman–Crippen MR) is 69.5 cm³/mol. The van der Waals surface area contributed by atoms with Gasteiger partial charge in [0.2, 0.25) is 0 Å². The van der Waals surface area contributed by atoms with Gasteiger partial charge in [0.1, 0.15) is 0 Å². The van der Waals surface area contributed by atoms with E-state index in [0.717, 1.165) is 25.7 Å². The summed E-state index contributed by atoms with van der Waals surface area (Å²) in [5.41, 5.74) is -0.308. The molecular weight excluding hydrogens is 271 g/mol. The molecule has 0 aromatic carbocycles. The largest absolute Gasteiger partial charge is 0.393 e. The number of aliphatic hydroxyl groups excluding tert-OH is 1. The number of pyridine rings is 1. The summed E-state index contributed by atoms with van der Waals surface area (Å²) in [6.07, 6.45) is 4.57. The molecule has 19 heavy (non-hydrogen) atoms. The van der Waals surface area contributed by atoms with Crippen LogP contribution in [-0.2, 0) is 0 Å². The maximum atomic E-state index is 13.6. The van der Waals surface area contributed by atoms with E-state index in [2.05, 4.69) is 10.3 Å². The van der Waals surface area contributed by atoms with Crippen molar-refractivity contribution in [2.24, 2.45) is 5.92 Å². The molecule has 4 nitrogen and oxygen atoms in total. The molecule has 2 atom stereocenters. The molecular formula is C13H16ClFN2O2. The van der Waals surface area contributed by atoms with Crippen molar-refractivity contribution in [3.63, 3.8) is 0 Å². The maximum Gasteiger partial charge on any atom is 0.273 e. The van der Waals surface area contributed by atoms with Gasteiger partial charge in [-0.05, 0) is 18.9 Å². The fraction of sp³-hybridized carbons (Fsp3) is 0.538. The predicted octanol–water partition coefficient (Wildman–Crippen LogP) is 2.16. The molecule has 0 unspecified atom stereocenters. The SMILES string of the molecule is O=C(NC[C@@H]1CCCC[C@H]1O)c1nccc(Cl)c1F. The lowest BCUT2D eigenvalue weighted by Crippen LogP contribution is -2.37. The van der Waals surface area contributed by atoms with Gasteiger partial charge in [-0.1, -0.05) is 24.4 Å². The zero-order valence-electron chi connectivity index (χ0n) is 10.4. The maximum absolute atomic E-state index is 13.6. The number of aromatic nitrogens is 1. The number of hydrogen-bond acceptors (Lipinski definition) is 3. The van der Waals surface area contributed by atoms with E-state index in [-0.39, 0.29) is 16.6 Å². The summed E-state index contributed by atoms with van der Waals surface area (Å²) >= 11 is 5.59. The first-order valence-corrected chi connectivity index (χ1v) is 6.73. The molecule has 1 aliphatic rings. The van der Waals surface area contributed by atoms with Crippen LogP contribution in [0.4, 0.5) is 4.39 Å². The van der Waals surface area contributed by atoms with Crippen LogP contribution in [0.25, 0.3) is 0 Å². The van der Waals surface area contributed by atoms with Crippen LogP contribution in [0.1, 0.15) is 36.2 Å². The molecule has 1 aromatic rings. The minimum absolute atomic E-state index is 0.0277. The lowest BCUT2D eigenvalue weighted by atomic mass is 9.86. The second-order valence-electron chi connectivity index (χ2n) is 4.78. The third-order valence-electron chi connectivity index (χ3n) is 3.45. The number of halogens is 2. The van der Waals surface area contributed by atoms with Crippen molar-refractivity contribution in [1.82, 2.24) is 10.3 Å². The minimum atomic E-state index is -0.814. The lowest BCUT2D eigenvalue weighted by molar-refractivity contribution is 0.0660. The molecule has 0 saturated heterocycles. The second kappa shape index (κ2) is 6.30. The summed E-state index contributed by atoms with van der Waals surface area (Å²) < 4.78 is 13.6. The summed E-state index contributed by atoms with van der Waals surface area (Å²) in [6, 6.07) is 1.29. The zero-order chi connectivity index (χ0) is 13.8. The number of amides is 1. The van der Waals surface area contributed by atoms with Gasteiger partial charge in [0.25, 0.3) is 5.91 Å². The van der Waals surface area contributed by atoms with Gasteiger partial charge in [0, 0.05) is 18.7 Å². The number of nitrogens with zero attached hydrogens (tertiary/aromatic N) is 1. The molecule has 1 aromatic heterocycles. The third kappa shape index (κ3) is 3.42. The molecule has 6 heteroatoms. The zero-order valence-corrected chi connectivity index (χ0v) is 11.2. The Morgan fingerprint density at radius 3 is 3.00 bits per heavy atom. The fourth-order valence-corrected chi connectivity index (χ4v) is 2.46. The highest BCUT2D eigenvalue weighted by atomic mass is 35.5. The number of rotatable bonds is 3. The average molecular weight is 287 g/mol. The highest BCUT2D eigenvalue weighted by Crippen LogP contribution is 2.23. The summed E-state index contributed by atoms with van der Waals surface area (Å²) in [5, 5.41) is 12.3. The second-order valence-corrected chi connectivity index (χ2v) is 5.18. The van der Waals surface area contributed by atoms with Crippen molar-refractivity contribution in [2.45, 2.75) is 31.8 Å². The van der Waals surface area contributed by atoms with E-state index in [1.54, 1.807) is 0 Å². The van der Waals surface area contributed by atoms with Crippen molar-refractivity contribution >= 4 is 17.5 Å². The first-order chi connectivity index (χ1) is 9.09. The van der Waals surface area contributed by atoms with Crippen LogP contribution in [0.2, 0.25) is 5.02 Å². The van der Waals surface area contributed by atoms with Gasteiger partial charge in [-0.25, -0.2) is 9.37 Å². The Morgan fingerprint density at radius 2 is 2.26 bits per heavy atom. The van der Waals surface area contributed by atoms with Crippen molar-refractivity contribution in [3.8, 4) is 0 Å². The Kier molecular flexibility index (Phi) is 4.71. The Hall–Kier alpha value is -1.20. The first-order valence-electron chi connectivity index (χ1n) is 6.36. The van der Waals surface area contributed by atoms with Crippen molar-refractivity contribution in [3.05, 3.63) is 28.8 Å². The number of carbonyl (C=O) groups is 1. The van der Waals surface area contributed by atoms with Gasteiger partial charge in [-0.15, -0.1) is 0 Å². The fourth-order valence-electron chi connectivity index (χ4n) is 2.31. The summed E-state index contributed by atoms with van der Waals surface area (Å²) in [5.74, 6) is -1.39. The average Bonchev–Trinajstić information content (AvgIpc) is 2.40. The molecule has 1 amide bonds. The monoisotopic (exact) mass is 286 g/mol. The molecule has 1 fully saturated rings. The van der Waals surface area contributed by atoms with E-state index in [9.17, 15) is 14.3 Å². The minimum Gasteiger partial charge on any atom is -0.393 e. The first kappa shape index (κ1) is 14.2. The Bertz CT molecular complexity index is 470. The smallest absolute Gasteiger partial charge is 0.273 e. The molecule has 0 spiro atoms. The van der Waals surface area contributed by atoms with E-state index >= 15 is 0 Å². The van der Waals surface area contributed by atoms with Gasteiger partial charge in [-0.2, -0.15) is 0 Å². The summed E-state index contributed by atoms with van der Waals surface area (Å²) in [4.78, 5) is 15.5. The van der Waals surface area contributed by atoms with Crippen LogP contribution >= 0.6 is 11.6 Å². The highest BCUT2D eigenvalue weighted by molar-refractivity contribution is 6.31. The van der Waals surface area contributed by atoms with Crippen molar-refractivity contribution < 1.29 is 14.3 Å². The van der Waals surface area contributed by atoms with Gasteiger partial charge < -0.3 is 10.4 Å². The van der Waals surface area contributed by atoms with Crippen LogP contribution in [0.15, 0.2) is 12.3 Å². The molecule has 0 bridgehead atoms. The number of carbonyl (C=O) groups excluding carboxylic acids is 1. The van der Waals surface area contributed by atoms with E-state index in [1.807, 2.05) is 0 Å². The lowest BCUT2D eigenvalue weighted by Gasteiger charge is -2.27. The van der Waals surface area contributed by atoms with Crippen LogP contribution in [-0.4, -0.2) is 28.6 Å². The van der Waals surface area contributed by atoms with E-state index < -0.39 is 17.8 Å². The number of aliphatic hydroxyl groups is 1. The van der Waals surface area contributed by atoms with Crippen LogP contribution in [0, 0.1) is 11.7 Å². The highest BCUT2D eigenvalue weighted by Gasteiger charge is 2.24. The normalized spacial score (nSPS) is 23.1. The van der Waals surface area contributed by atoms with Crippen LogP contribution in [0.5, 0.6) is 0 Å². The van der Waals surface area contributed by atoms with Gasteiger partial charge in [-0.3, -0.25) is 4.79 Å². The number of nitrogens with one attached hydrogen (secondary N) is 1. The quantitative estimate of drug-likeness (QED) is 0.895.